The van der Waals surface area contributed by atoms with Crippen molar-refractivity contribution in [1.82, 2.24) is 15.1 Å². The van der Waals surface area contributed by atoms with Gasteiger partial charge >= 0.3 is 0 Å². The van der Waals surface area contributed by atoms with Crippen molar-refractivity contribution in [2.75, 3.05) is 13.1 Å². The molecular weight excluding hydrogens is 514 g/mol. The standard InChI is InChI=1S/C31H36ClN3O4/c1-2-3-17-33-29(37)27(20-22-10-5-4-6-11-22)35(21-23-12-9-13-24(32)19-23)28(36)16-18-34-30(38)25-14-7-8-15-26(25)31(34)39/h4-13,19,25-27H,2-3,14-18,20-21H2,1H3,(H,33,37)/t25-,26+,27?. The summed E-state index contributed by atoms with van der Waals surface area (Å²) >= 11 is 6.23. The van der Waals surface area contributed by atoms with Gasteiger partial charge in [0.1, 0.15) is 6.04 Å². The fraction of sp³-hybridized carbons (Fsp3) is 0.419. The summed E-state index contributed by atoms with van der Waals surface area (Å²) in [7, 11) is 0. The van der Waals surface area contributed by atoms with Crippen LogP contribution in [-0.2, 0) is 32.1 Å². The predicted octanol–water partition coefficient (Wildman–Crippen LogP) is 4.54. The molecule has 7 nitrogen and oxygen atoms in total. The van der Waals surface area contributed by atoms with E-state index in [9.17, 15) is 19.2 Å². The molecule has 1 fully saturated rings. The van der Waals surface area contributed by atoms with Crippen LogP contribution in [0.1, 0.15) is 50.2 Å². The second kappa shape index (κ2) is 13.6. The zero-order chi connectivity index (χ0) is 27.8. The van der Waals surface area contributed by atoms with E-state index in [1.807, 2.05) is 54.6 Å². The van der Waals surface area contributed by atoms with Crippen LogP contribution in [0.5, 0.6) is 0 Å². The minimum atomic E-state index is -0.771. The minimum absolute atomic E-state index is 0.00502. The van der Waals surface area contributed by atoms with Gasteiger partial charge in [-0.15, -0.1) is 0 Å². The summed E-state index contributed by atoms with van der Waals surface area (Å²) in [4.78, 5) is 56.1. The molecule has 206 valence electrons. The van der Waals surface area contributed by atoms with E-state index in [1.54, 1.807) is 17.0 Å². The predicted molar refractivity (Wildman–Crippen MR) is 151 cm³/mol. The molecule has 0 bridgehead atoms. The molecule has 1 aliphatic carbocycles. The van der Waals surface area contributed by atoms with E-state index in [0.717, 1.165) is 24.0 Å². The van der Waals surface area contributed by atoms with Gasteiger partial charge in [-0.2, -0.15) is 0 Å². The third-order valence-corrected chi connectivity index (χ3v) is 7.73. The quantitative estimate of drug-likeness (QED) is 0.239. The van der Waals surface area contributed by atoms with Gasteiger partial charge in [0.25, 0.3) is 0 Å². The van der Waals surface area contributed by atoms with Crippen molar-refractivity contribution in [3.8, 4) is 0 Å². The van der Waals surface area contributed by atoms with E-state index in [4.69, 9.17) is 11.6 Å². The van der Waals surface area contributed by atoms with Crippen LogP contribution in [0.25, 0.3) is 0 Å². The maximum absolute atomic E-state index is 13.8. The van der Waals surface area contributed by atoms with Crippen LogP contribution in [0.3, 0.4) is 0 Å². The number of amides is 4. The number of allylic oxidation sites excluding steroid dienone is 2. The first-order valence-corrected chi connectivity index (χ1v) is 14.1. The number of nitrogens with one attached hydrogen (secondary N) is 1. The Balaban J connectivity index is 1.57. The normalized spacial score (nSPS) is 19.1. The van der Waals surface area contributed by atoms with Gasteiger partial charge in [-0.05, 0) is 42.5 Å². The Morgan fingerprint density at radius 2 is 1.67 bits per heavy atom. The molecule has 8 heteroatoms. The third kappa shape index (κ3) is 7.15. The largest absolute Gasteiger partial charge is 0.354 e. The summed E-state index contributed by atoms with van der Waals surface area (Å²) in [5, 5.41) is 3.54. The van der Waals surface area contributed by atoms with Gasteiger partial charge in [0.2, 0.25) is 23.6 Å². The molecule has 39 heavy (non-hydrogen) atoms. The molecule has 2 aromatic rings. The van der Waals surface area contributed by atoms with Crippen LogP contribution in [0.4, 0.5) is 0 Å². The average Bonchev–Trinajstić information content (AvgIpc) is 3.19. The molecule has 1 unspecified atom stereocenters. The highest BCUT2D eigenvalue weighted by Gasteiger charge is 2.47. The molecule has 4 amide bonds. The lowest BCUT2D eigenvalue weighted by Gasteiger charge is -2.32. The molecule has 0 saturated carbocycles. The van der Waals surface area contributed by atoms with Crippen molar-refractivity contribution >= 4 is 35.2 Å². The second-order valence-corrected chi connectivity index (χ2v) is 10.7. The number of carbonyl (C=O) groups excluding carboxylic acids is 4. The summed E-state index contributed by atoms with van der Waals surface area (Å²) in [6.07, 6.45) is 7.04. The van der Waals surface area contributed by atoms with Gasteiger partial charge in [-0.25, -0.2) is 0 Å². The van der Waals surface area contributed by atoms with Crippen molar-refractivity contribution in [2.24, 2.45) is 11.8 Å². The number of unbranched alkanes of at least 4 members (excludes halogenated alkanes) is 1. The SMILES string of the molecule is CCCCNC(=O)C(Cc1ccccc1)N(Cc1cccc(Cl)c1)C(=O)CCN1C(=O)[C@H]2CC=CC[C@H]2C1=O. The molecule has 1 saturated heterocycles. The molecule has 2 aromatic carbocycles. The maximum Gasteiger partial charge on any atom is 0.243 e. The van der Waals surface area contributed by atoms with Crippen LogP contribution in [0, 0.1) is 11.8 Å². The number of fused-ring (bicyclic) bond motifs is 1. The fourth-order valence-electron chi connectivity index (χ4n) is 5.33. The summed E-state index contributed by atoms with van der Waals surface area (Å²) in [6.45, 7) is 2.75. The zero-order valence-corrected chi connectivity index (χ0v) is 23.1. The van der Waals surface area contributed by atoms with Crippen molar-refractivity contribution in [2.45, 2.75) is 58.0 Å². The van der Waals surface area contributed by atoms with Gasteiger partial charge in [0, 0.05) is 37.5 Å². The lowest BCUT2D eigenvalue weighted by Crippen LogP contribution is -2.51. The van der Waals surface area contributed by atoms with Gasteiger partial charge < -0.3 is 10.2 Å². The summed E-state index contributed by atoms with van der Waals surface area (Å²) in [6, 6.07) is 16.0. The van der Waals surface area contributed by atoms with Crippen LogP contribution in [0.15, 0.2) is 66.7 Å². The number of nitrogens with zero attached hydrogens (tertiary/aromatic N) is 2. The average molecular weight is 550 g/mol. The second-order valence-electron chi connectivity index (χ2n) is 10.2. The van der Waals surface area contributed by atoms with Crippen LogP contribution < -0.4 is 5.32 Å². The molecule has 4 rings (SSSR count). The zero-order valence-electron chi connectivity index (χ0n) is 22.4. The van der Waals surface area contributed by atoms with Crippen molar-refractivity contribution < 1.29 is 19.2 Å². The van der Waals surface area contributed by atoms with Gasteiger partial charge in [-0.3, -0.25) is 24.1 Å². The minimum Gasteiger partial charge on any atom is -0.354 e. The number of hydrogen-bond donors (Lipinski definition) is 1. The van der Waals surface area contributed by atoms with E-state index in [1.165, 1.54) is 4.90 Å². The fourth-order valence-corrected chi connectivity index (χ4v) is 5.55. The van der Waals surface area contributed by atoms with E-state index < -0.39 is 6.04 Å². The Hall–Kier alpha value is -3.45. The molecule has 0 aromatic heterocycles. The smallest absolute Gasteiger partial charge is 0.243 e. The number of benzene rings is 2. The molecule has 1 aliphatic heterocycles. The number of hydrogen-bond acceptors (Lipinski definition) is 4. The Kier molecular flexibility index (Phi) is 9.93. The van der Waals surface area contributed by atoms with E-state index >= 15 is 0 Å². The summed E-state index contributed by atoms with van der Waals surface area (Å²) in [5.74, 6) is -1.61. The van der Waals surface area contributed by atoms with Crippen LogP contribution >= 0.6 is 11.6 Å². The van der Waals surface area contributed by atoms with Crippen molar-refractivity contribution in [3.05, 3.63) is 82.9 Å². The first kappa shape index (κ1) is 28.6. The molecule has 1 N–H and O–H groups in total. The summed E-state index contributed by atoms with van der Waals surface area (Å²) < 4.78 is 0. The Labute approximate surface area is 235 Å². The van der Waals surface area contributed by atoms with E-state index in [2.05, 4.69) is 12.2 Å². The highest BCUT2D eigenvalue weighted by molar-refractivity contribution is 6.30. The van der Waals surface area contributed by atoms with Crippen molar-refractivity contribution in [3.63, 3.8) is 0 Å². The van der Waals surface area contributed by atoms with Gasteiger partial charge in [-0.1, -0.05) is 79.6 Å². The number of carbonyl (C=O) groups is 4. The van der Waals surface area contributed by atoms with Crippen LogP contribution in [-0.4, -0.2) is 52.6 Å². The Morgan fingerprint density at radius 1 is 1.00 bits per heavy atom. The highest BCUT2D eigenvalue weighted by atomic mass is 35.5. The number of imide groups is 1. The molecule has 0 spiro atoms. The molecule has 0 radical (unpaired) electrons. The number of likely N-dealkylation sites (tertiary alicyclic amines) is 1. The Bertz CT molecular complexity index is 1190. The van der Waals surface area contributed by atoms with E-state index in [0.29, 0.717) is 30.8 Å². The maximum atomic E-state index is 13.8. The summed E-state index contributed by atoms with van der Waals surface area (Å²) in [5.41, 5.74) is 1.72. The molecule has 3 atom stereocenters. The lowest BCUT2D eigenvalue weighted by atomic mass is 9.85. The Morgan fingerprint density at radius 3 is 2.31 bits per heavy atom. The third-order valence-electron chi connectivity index (χ3n) is 7.49. The van der Waals surface area contributed by atoms with Crippen molar-refractivity contribution in [1.29, 1.82) is 0 Å². The first-order chi connectivity index (χ1) is 18.9. The highest BCUT2D eigenvalue weighted by Crippen LogP contribution is 2.35. The molecule has 2 aliphatic rings. The van der Waals surface area contributed by atoms with Crippen LogP contribution in [0.2, 0.25) is 5.02 Å². The van der Waals surface area contributed by atoms with Gasteiger partial charge in [0.15, 0.2) is 0 Å². The monoisotopic (exact) mass is 549 g/mol. The van der Waals surface area contributed by atoms with Gasteiger partial charge in [0.05, 0.1) is 11.8 Å². The number of halogens is 1. The topological polar surface area (TPSA) is 86.8 Å². The lowest BCUT2D eigenvalue weighted by molar-refractivity contribution is -0.144. The molecular formula is C31H36ClN3O4. The number of rotatable bonds is 12. The first-order valence-electron chi connectivity index (χ1n) is 13.7. The molecule has 1 heterocycles. The van der Waals surface area contributed by atoms with E-state index in [-0.39, 0.29) is 55.0 Å².